The van der Waals surface area contributed by atoms with Crippen molar-refractivity contribution in [3.05, 3.63) is 29.8 Å². The van der Waals surface area contributed by atoms with Gasteiger partial charge in [-0.1, -0.05) is 12.1 Å². The zero-order valence-electron chi connectivity index (χ0n) is 9.28. The molecule has 0 aliphatic carbocycles. The number of ether oxygens (including phenoxy) is 1. The summed E-state index contributed by atoms with van der Waals surface area (Å²) in [5, 5.41) is 11.9. The van der Waals surface area contributed by atoms with E-state index in [1.54, 1.807) is 0 Å². The van der Waals surface area contributed by atoms with Gasteiger partial charge in [0.15, 0.2) is 0 Å². The monoisotopic (exact) mass is 216 g/mol. The Labute approximate surface area is 96.0 Å². The molecule has 3 heteroatoms. The zero-order chi connectivity index (χ0) is 11.2. The fourth-order valence-electron chi connectivity index (χ4n) is 1.93. The molecular weight excluding hydrogens is 200 g/mol. The van der Waals surface area contributed by atoms with Crippen LogP contribution < -0.4 is 10.1 Å². The molecule has 1 fully saturated rings. The van der Waals surface area contributed by atoms with Crippen molar-refractivity contribution in [3.63, 3.8) is 0 Å². The van der Waals surface area contributed by atoms with Crippen molar-refractivity contribution < 1.29 is 4.74 Å². The van der Waals surface area contributed by atoms with Crippen LogP contribution >= 0.6 is 0 Å². The summed E-state index contributed by atoms with van der Waals surface area (Å²) in [6, 6.07) is 9.95. The summed E-state index contributed by atoms with van der Waals surface area (Å²) in [6.45, 7) is 2.01. The topological polar surface area (TPSA) is 45.0 Å². The fraction of sp³-hybridized carbons (Fsp3) is 0.462. The molecule has 0 spiro atoms. The van der Waals surface area contributed by atoms with Crippen LogP contribution in [0.15, 0.2) is 24.3 Å². The molecule has 16 heavy (non-hydrogen) atoms. The van der Waals surface area contributed by atoms with Gasteiger partial charge in [0.25, 0.3) is 0 Å². The van der Waals surface area contributed by atoms with Crippen molar-refractivity contribution in [2.75, 3.05) is 13.1 Å². The van der Waals surface area contributed by atoms with Gasteiger partial charge in [-0.05, 0) is 37.1 Å². The van der Waals surface area contributed by atoms with Crippen LogP contribution in [0.5, 0.6) is 5.75 Å². The second-order valence-electron chi connectivity index (χ2n) is 4.07. The predicted octanol–water partition coefficient (Wildman–Crippen LogP) is 1.88. The first-order valence-corrected chi connectivity index (χ1v) is 5.72. The zero-order valence-corrected chi connectivity index (χ0v) is 9.28. The van der Waals surface area contributed by atoms with Crippen molar-refractivity contribution >= 4 is 0 Å². The van der Waals surface area contributed by atoms with Crippen molar-refractivity contribution in [1.82, 2.24) is 5.32 Å². The molecule has 1 aromatic rings. The van der Waals surface area contributed by atoms with Gasteiger partial charge >= 0.3 is 0 Å². The van der Waals surface area contributed by atoms with Gasteiger partial charge in [0, 0.05) is 6.54 Å². The molecule has 0 saturated carbocycles. The number of benzene rings is 1. The van der Waals surface area contributed by atoms with Crippen LogP contribution in [0, 0.1) is 11.3 Å². The lowest BCUT2D eigenvalue weighted by Gasteiger charge is -2.24. The van der Waals surface area contributed by atoms with E-state index in [4.69, 9.17) is 10.00 Å². The first-order valence-electron chi connectivity index (χ1n) is 5.72. The molecule has 1 N–H and O–H groups in total. The Kier molecular flexibility index (Phi) is 3.79. The van der Waals surface area contributed by atoms with Crippen LogP contribution in [0.2, 0.25) is 0 Å². The Balaban J connectivity index is 1.97. The number of nitrogens with zero attached hydrogens (tertiary/aromatic N) is 1. The molecule has 2 rings (SSSR count). The molecule has 84 valence electrons. The van der Waals surface area contributed by atoms with E-state index in [0.717, 1.165) is 30.8 Å². The van der Waals surface area contributed by atoms with Gasteiger partial charge in [-0.15, -0.1) is 0 Å². The Morgan fingerprint density at radius 3 is 3.19 bits per heavy atom. The molecule has 0 radical (unpaired) electrons. The van der Waals surface area contributed by atoms with Crippen LogP contribution in [-0.2, 0) is 6.42 Å². The van der Waals surface area contributed by atoms with Crippen molar-refractivity contribution in [3.8, 4) is 11.8 Å². The minimum atomic E-state index is 0.270. The maximum Gasteiger partial charge on any atom is 0.120 e. The molecule has 1 heterocycles. The molecule has 3 nitrogen and oxygen atoms in total. The third-order valence-electron chi connectivity index (χ3n) is 2.74. The largest absolute Gasteiger partial charge is 0.489 e. The third-order valence-corrected chi connectivity index (χ3v) is 2.74. The SMILES string of the molecule is N#CCc1cccc(OC2CCCNC2)c1. The molecule has 0 bridgehead atoms. The first kappa shape index (κ1) is 11.0. The van der Waals surface area contributed by atoms with E-state index in [0.29, 0.717) is 6.42 Å². The highest BCUT2D eigenvalue weighted by molar-refractivity contribution is 5.30. The Morgan fingerprint density at radius 2 is 2.44 bits per heavy atom. The van der Waals surface area contributed by atoms with Gasteiger partial charge < -0.3 is 10.1 Å². The second kappa shape index (κ2) is 5.53. The number of hydrogen-bond acceptors (Lipinski definition) is 3. The van der Waals surface area contributed by atoms with Gasteiger partial charge in [0.2, 0.25) is 0 Å². The number of piperidine rings is 1. The van der Waals surface area contributed by atoms with E-state index in [-0.39, 0.29) is 6.10 Å². The highest BCUT2D eigenvalue weighted by Gasteiger charge is 2.14. The van der Waals surface area contributed by atoms with E-state index < -0.39 is 0 Å². The molecule has 1 atom stereocenters. The standard InChI is InChI=1S/C13H16N2O/c14-7-6-11-3-1-4-12(9-11)16-13-5-2-8-15-10-13/h1,3-4,9,13,15H,2,5-6,8,10H2. The Morgan fingerprint density at radius 1 is 1.50 bits per heavy atom. The molecule has 0 amide bonds. The average molecular weight is 216 g/mol. The first-order chi connectivity index (χ1) is 7.88. The maximum absolute atomic E-state index is 8.63. The van der Waals surface area contributed by atoms with Gasteiger partial charge in [-0.25, -0.2) is 0 Å². The second-order valence-corrected chi connectivity index (χ2v) is 4.07. The van der Waals surface area contributed by atoms with E-state index in [2.05, 4.69) is 11.4 Å². The van der Waals surface area contributed by atoms with Crippen LogP contribution in [0.3, 0.4) is 0 Å². The summed E-state index contributed by atoms with van der Waals surface area (Å²) in [6.07, 6.45) is 2.99. The van der Waals surface area contributed by atoms with Crippen LogP contribution in [0.1, 0.15) is 18.4 Å². The average Bonchev–Trinajstić information content (AvgIpc) is 2.31. The summed E-state index contributed by atoms with van der Waals surface area (Å²) >= 11 is 0. The quantitative estimate of drug-likeness (QED) is 0.839. The van der Waals surface area contributed by atoms with E-state index in [1.807, 2.05) is 24.3 Å². The summed E-state index contributed by atoms with van der Waals surface area (Å²) in [7, 11) is 0. The minimum Gasteiger partial charge on any atom is -0.489 e. The molecule has 1 aliphatic rings. The lowest BCUT2D eigenvalue weighted by molar-refractivity contribution is 0.167. The fourth-order valence-corrected chi connectivity index (χ4v) is 1.93. The van der Waals surface area contributed by atoms with Crippen LogP contribution in [0.25, 0.3) is 0 Å². The number of rotatable bonds is 3. The third kappa shape index (κ3) is 2.98. The Hall–Kier alpha value is -1.53. The smallest absolute Gasteiger partial charge is 0.120 e. The highest BCUT2D eigenvalue weighted by Crippen LogP contribution is 2.17. The lowest BCUT2D eigenvalue weighted by Crippen LogP contribution is -2.37. The Bertz CT molecular complexity index is 378. The molecule has 1 unspecified atom stereocenters. The van der Waals surface area contributed by atoms with Crippen molar-refractivity contribution in [1.29, 1.82) is 5.26 Å². The van der Waals surface area contributed by atoms with E-state index in [1.165, 1.54) is 6.42 Å². The molecule has 0 aromatic heterocycles. The highest BCUT2D eigenvalue weighted by atomic mass is 16.5. The van der Waals surface area contributed by atoms with Gasteiger partial charge in [-0.2, -0.15) is 5.26 Å². The summed E-state index contributed by atoms with van der Waals surface area (Å²) in [5.41, 5.74) is 1.02. The van der Waals surface area contributed by atoms with Gasteiger partial charge in [0.05, 0.1) is 12.5 Å². The molecule has 1 aliphatic heterocycles. The minimum absolute atomic E-state index is 0.270. The maximum atomic E-state index is 8.63. The van der Waals surface area contributed by atoms with Crippen molar-refractivity contribution in [2.45, 2.75) is 25.4 Å². The van der Waals surface area contributed by atoms with Crippen LogP contribution in [0.4, 0.5) is 0 Å². The lowest BCUT2D eigenvalue weighted by atomic mass is 10.1. The number of nitrogens with one attached hydrogen (secondary N) is 1. The summed E-state index contributed by atoms with van der Waals surface area (Å²) in [5.74, 6) is 0.876. The van der Waals surface area contributed by atoms with Gasteiger partial charge in [0.1, 0.15) is 11.9 Å². The van der Waals surface area contributed by atoms with Crippen LogP contribution in [-0.4, -0.2) is 19.2 Å². The number of hydrogen-bond donors (Lipinski definition) is 1. The molecular formula is C13H16N2O. The van der Waals surface area contributed by atoms with Crippen molar-refractivity contribution in [2.24, 2.45) is 0 Å². The summed E-state index contributed by atoms with van der Waals surface area (Å²) in [4.78, 5) is 0. The molecule has 1 aromatic carbocycles. The van der Waals surface area contributed by atoms with E-state index in [9.17, 15) is 0 Å². The van der Waals surface area contributed by atoms with E-state index >= 15 is 0 Å². The normalized spacial score (nSPS) is 20.1. The molecule has 1 saturated heterocycles. The summed E-state index contributed by atoms with van der Waals surface area (Å²) < 4.78 is 5.87. The van der Waals surface area contributed by atoms with Gasteiger partial charge in [-0.3, -0.25) is 0 Å². The number of nitriles is 1. The predicted molar refractivity (Wildman–Crippen MR) is 62.3 cm³/mol.